The van der Waals surface area contributed by atoms with Crippen molar-refractivity contribution >= 4 is 23.2 Å². The number of rotatable bonds is 5. The minimum Gasteiger partial charge on any atom is -0.487 e. The van der Waals surface area contributed by atoms with Crippen LogP contribution in [0.4, 0.5) is 0 Å². The number of benzene rings is 2. The molecule has 29 heavy (non-hydrogen) atoms. The van der Waals surface area contributed by atoms with Crippen LogP contribution in [0.5, 0.6) is 5.75 Å². The van der Waals surface area contributed by atoms with Gasteiger partial charge in [-0.25, -0.2) is 9.48 Å². The lowest BCUT2D eigenvalue weighted by Gasteiger charge is -2.13. The van der Waals surface area contributed by atoms with E-state index in [2.05, 4.69) is 15.5 Å². The summed E-state index contributed by atoms with van der Waals surface area (Å²) >= 11 is 12.8. The first-order valence-electron chi connectivity index (χ1n) is 8.65. The number of nitrogens with zero attached hydrogens (tertiary/aromatic N) is 6. The van der Waals surface area contributed by atoms with Crippen LogP contribution < -0.4 is 10.4 Å². The highest BCUT2D eigenvalue weighted by molar-refractivity contribution is 6.32. The zero-order valence-electron chi connectivity index (χ0n) is 15.6. The first kappa shape index (κ1) is 19.2. The molecule has 8 nitrogen and oxygen atoms in total. The van der Waals surface area contributed by atoms with E-state index in [0.29, 0.717) is 27.0 Å². The Balaban J connectivity index is 1.61. The van der Waals surface area contributed by atoms with E-state index < -0.39 is 0 Å². The van der Waals surface area contributed by atoms with Gasteiger partial charge in [-0.05, 0) is 53.2 Å². The molecule has 2 heterocycles. The number of aryl methyl sites for hydroxylation is 2. The van der Waals surface area contributed by atoms with E-state index in [4.69, 9.17) is 27.9 Å². The summed E-state index contributed by atoms with van der Waals surface area (Å²) in [4.78, 5) is 12.2. The summed E-state index contributed by atoms with van der Waals surface area (Å²) in [5, 5.41) is 12.8. The highest BCUT2D eigenvalue weighted by Gasteiger charge is 2.15. The fourth-order valence-corrected chi connectivity index (χ4v) is 3.26. The Labute approximate surface area is 175 Å². The molecule has 0 aliphatic rings. The van der Waals surface area contributed by atoms with Gasteiger partial charge in [0, 0.05) is 23.8 Å². The minimum absolute atomic E-state index is 0.0952. The predicted molar refractivity (Wildman–Crippen MR) is 109 cm³/mol. The van der Waals surface area contributed by atoms with Crippen molar-refractivity contribution in [3.63, 3.8) is 0 Å². The number of hydrogen-bond donors (Lipinski definition) is 0. The highest BCUT2D eigenvalue weighted by atomic mass is 35.5. The fraction of sp³-hybridized carbons (Fsp3) is 0.158. The average molecular weight is 431 g/mol. The van der Waals surface area contributed by atoms with Crippen molar-refractivity contribution in [1.29, 1.82) is 0 Å². The Morgan fingerprint density at radius 2 is 1.93 bits per heavy atom. The lowest BCUT2D eigenvalue weighted by molar-refractivity contribution is 0.306. The lowest BCUT2D eigenvalue weighted by atomic mass is 10.2. The van der Waals surface area contributed by atoms with Crippen LogP contribution >= 0.6 is 23.2 Å². The average Bonchev–Trinajstić information content (AvgIpc) is 3.27. The Hall–Kier alpha value is -3.10. The maximum absolute atomic E-state index is 12.2. The van der Waals surface area contributed by atoms with Gasteiger partial charge in [0.1, 0.15) is 12.4 Å². The van der Waals surface area contributed by atoms with Crippen LogP contribution in [0, 0.1) is 6.92 Å². The zero-order chi connectivity index (χ0) is 20.5. The van der Waals surface area contributed by atoms with Gasteiger partial charge in [0.15, 0.2) is 0 Å². The molecule has 0 N–H and O–H groups in total. The maximum atomic E-state index is 12.2. The van der Waals surface area contributed by atoms with Gasteiger partial charge < -0.3 is 4.74 Å². The molecule has 0 fully saturated rings. The van der Waals surface area contributed by atoms with Crippen LogP contribution in [0.25, 0.3) is 11.4 Å². The summed E-state index contributed by atoms with van der Waals surface area (Å²) in [5.41, 5.74) is 2.58. The number of hydrogen-bond acceptors (Lipinski definition) is 5. The van der Waals surface area contributed by atoms with Crippen LogP contribution in [0.2, 0.25) is 10.0 Å². The molecular formula is C19H16Cl2N6O2. The first-order valence-corrected chi connectivity index (χ1v) is 9.40. The maximum Gasteiger partial charge on any atom is 0.368 e. The lowest BCUT2D eigenvalue weighted by Crippen LogP contribution is -2.23. The molecule has 2 aromatic carbocycles. The molecule has 2 aromatic heterocycles. The SMILES string of the molecule is Cc1cnn(-c2ccc(OCc3c(Cl)cccc3-n3nnn(C)c3=O)c(Cl)c2)c1. The highest BCUT2D eigenvalue weighted by Crippen LogP contribution is 2.30. The largest absolute Gasteiger partial charge is 0.487 e. The molecule has 148 valence electrons. The summed E-state index contributed by atoms with van der Waals surface area (Å²) in [6.07, 6.45) is 3.67. The molecule has 0 radical (unpaired) electrons. The van der Waals surface area contributed by atoms with Crippen molar-refractivity contribution in [2.24, 2.45) is 7.05 Å². The van der Waals surface area contributed by atoms with E-state index in [1.54, 1.807) is 41.2 Å². The first-order chi connectivity index (χ1) is 13.9. The predicted octanol–water partition coefficient (Wildman–Crippen LogP) is 3.35. The Bertz CT molecular complexity index is 1240. The van der Waals surface area contributed by atoms with Crippen molar-refractivity contribution in [3.8, 4) is 17.1 Å². The van der Waals surface area contributed by atoms with Gasteiger partial charge in [0.05, 0.1) is 22.6 Å². The van der Waals surface area contributed by atoms with E-state index in [0.717, 1.165) is 15.9 Å². The van der Waals surface area contributed by atoms with E-state index in [-0.39, 0.29) is 12.3 Å². The van der Waals surface area contributed by atoms with Gasteiger partial charge >= 0.3 is 5.69 Å². The van der Waals surface area contributed by atoms with Crippen LogP contribution in [-0.4, -0.2) is 29.6 Å². The van der Waals surface area contributed by atoms with Crippen LogP contribution in [0.3, 0.4) is 0 Å². The van der Waals surface area contributed by atoms with Gasteiger partial charge in [-0.2, -0.15) is 14.5 Å². The third-order valence-electron chi connectivity index (χ3n) is 4.31. The number of halogens is 2. The topological polar surface area (TPSA) is 79.8 Å². The number of ether oxygens (including phenoxy) is 1. The summed E-state index contributed by atoms with van der Waals surface area (Å²) < 4.78 is 9.94. The minimum atomic E-state index is -0.384. The number of tetrazole rings is 1. The van der Waals surface area contributed by atoms with E-state index in [1.165, 1.54) is 11.7 Å². The van der Waals surface area contributed by atoms with Crippen molar-refractivity contribution in [3.05, 3.63) is 80.4 Å². The van der Waals surface area contributed by atoms with E-state index in [1.807, 2.05) is 19.2 Å². The summed E-state index contributed by atoms with van der Waals surface area (Å²) in [7, 11) is 1.52. The van der Waals surface area contributed by atoms with Gasteiger partial charge in [0.2, 0.25) is 0 Å². The zero-order valence-corrected chi connectivity index (χ0v) is 17.1. The monoisotopic (exact) mass is 430 g/mol. The molecule has 4 aromatic rings. The Morgan fingerprint density at radius 3 is 2.59 bits per heavy atom. The van der Waals surface area contributed by atoms with E-state index in [9.17, 15) is 4.79 Å². The molecule has 0 atom stereocenters. The third kappa shape index (κ3) is 3.76. The molecule has 4 rings (SSSR count). The quantitative estimate of drug-likeness (QED) is 0.484. The fourth-order valence-electron chi connectivity index (χ4n) is 2.81. The third-order valence-corrected chi connectivity index (χ3v) is 4.96. The standard InChI is InChI=1S/C19H16Cl2N6O2/c1-12-9-22-26(10-12)13-6-7-18(16(21)8-13)29-11-14-15(20)4-3-5-17(14)27-19(28)25(2)23-24-27/h3-10H,11H2,1-2H3. The molecular weight excluding hydrogens is 415 g/mol. The second-order valence-corrected chi connectivity index (χ2v) is 7.21. The molecule has 0 saturated heterocycles. The van der Waals surface area contributed by atoms with Crippen molar-refractivity contribution in [1.82, 2.24) is 29.6 Å². The summed E-state index contributed by atoms with van der Waals surface area (Å²) in [5.74, 6) is 0.483. The molecule has 0 bridgehead atoms. The van der Waals surface area contributed by atoms with E-state index >= 15 is 0 Å². The van der Waals surface area contributed by atoms with Gasteiger partial charge in [-0.1, -0.05) is 29.3 Å². The van der Waals surface area contributed by atoms with Crippen LogP contribution in [-0.2, 0) is 13.7 Å². The smallest absolute Gasteiger partial charge is 0.368 e. The molecule has 0 unspecified atom stereocenters. The van der Waals surface area contributed by atoms with Crippen molar-refractivity contribution in [2.45, 2.75) is 13.5 Å². The second kappa shape index (κ2) is 7.73. The van der Waals surface area contributed by atoms with Gasteiger partial charge in [-0.15, -0.1) is 0 Å². The van der Waals surface area contributed by atoms with Gasteiger partial charge in [-0.3, -0.25) is 0 Å². The van der Waals surface area contributed by atoms with Crippen molar-refractivity contribution < 1.29 is 4.74 Å². The molecule has 0 aliphatic carbocycles. The van der Waals surface area contributed by atoms with Crippen LogP contribution in [0.1, 0.15) is 11.1 Å². The normalized spacial score (nSPS) is 11.0. The second-order valence-electron chi connectivity index (χ2n) is 6.40. The molecule has 0 saturated carbocycles. The number of aromatic nitrogens is 6. The molecule has 0 amide bonds. The Kier molecular flexibility index (Phi) is 5.12. The van der Waals surface area contributed by atoms with Crippen LogP contribution in [0.15, 0.2) is 53.6 Å². The Morgan fingerprint density at radius 1 is 1.10 bits per heavy atom. The van der Waals surface area contributed by atoms with Gasteiger partial charge in [0.25, 0.3) is 0 Å². The molecule has 0 aliphatic heterocycles. The van der Waals surface area contributed by atoms with Crippen molar-refractivity contribution in [2.75, 3.05) is 0 Å². The summed E-state index contributed by atoms with van der Waals surface area (Å²) in [6, 6.07) is 10.6. The molecule has 0 spiro atoms. The molecule has 10 heteroatoms. The summed E-state index contributed by atoms with van der Waals surface area (Å²) in [6.45, 7) is 2.06.